The predicted molar refractivity (Wildman–Crippen MR) is 104 cm³/mol. The summed E-state index contributed by atoms with van der Waals surface area (Å²) in [5, 5.41) is 11.4. The van der Waals surface area contributed by atoms with Crippen molar-refractivity contribution in [3.8, 4) is 17.2 Å². The molecule has 2 rings (SSSR count). The number of aryl methyl sites for hydroxylation is 1. The number of ether oxygens (including phenoxy) is 1. The van der Waals surface area contributed by atoms with Gasteiger partial charge in [-0.05, 0) is 36.6 Å². The molecule has 0 saturated heterocycles. The van der Waals surface area contributed by atoms with Crippen LogP contribution in [0.2, 0.25) is 0 Å². The number of hydrogen-bond acceptors (Lipinski definition) is 4. The van der Waals surface area contributed by atoms with Crippen molar-refractivity contribution in [1.82, 2.24) is 0 Å². The Kier molecular flexibility index (Phi) is 11.9. The summed E-state index contributed by atoms with van der Waals surface area (Å²) in [7, 11) is -4.55. The Bertz CT molecular complexity index is 836. The zero-order chi connectivity index (χ0) is 19.7. The van der Waals surface area contributed by atoms with Crippen LogP contribution in [-0.4, -0.2) is 13.0 Å². The Hall–Kier alpha value is -0.414. The van der Waals surface area contributed by atoms with E-state index in [1.807, 2.05) is 12.1 Å². The minimum absolute atomic E-state index is 0. The van der Waals surface area contributed by atoms with Crippen molar-refractivity contribution in [3.63, 3.8) is 0 Å². The molecule has 0 aliphatic carbocycles. The molecule has 0 fully saturated rings. The van der Waals surface area contributed by atoms with Crippen LogP contribution in [0.25, 0.3) is 0 Å². The van der Waals surface area contributed by atoms with Gasteiger partial charge in [-0.2, -0.15) is 8.42 Å². The smallest absolute Gasteiger partial charge is 0.872 e. The monoisotopic (exact) mass is 430 g/mol. The van der Waals surface area contributed by atoms with Gasteiger partial charge in [-0.15, -0.1) is 5.75 Å². The molecular formula is C21H27KO5S. The summed E-state index contributed by atoms with van der Waals surface area (Å²) in [6.45, 7) is 2.20. The summed E-state index contributed by atoms with van der Waals surface area (Å²) in [6, 6.07) is 10.8. The standard InChI is InChI=1S/C21H28O5S.K/c1-2-3-4-5-6-7-8-11-17-12-9-10-13-19(17)26-20-15-14-18(22)16-21(20)27(23,24)25;/h9-10,12-16,22H,2-8,11H2,1H3,(H,23,24,25);/q;+1/p-1. The Morgan fingerprint density at radius 2 is 1.57 bits per heavy atom. The second kappa shape index (κ2) is 13.0. The maximum Gasteiger partial charge on any atom is 1.00 e. The largest absolute Gasteiger partial charge is 1.00 e. The molecule has 0 bridgehead atoms. The first kappa shape index (κ1) is 25.6. The van der Waals surface area contributed by atoms with Crippen LogP contribution in [0.4, 0.5) is 0 Å². The van der Waals surface area contributed by atoms with E-state index in [1.165, 1.54) is 44.2 Å². The summed E-state index contributed by atoms with van der Waals surface area (Å²) in [4.78, 5) is -0.513. The third-order valence-corrected chi connectivity index (χ3v) is 5.31. The number of para-hydroxylation sites is 1. The average Bonchev–Trinajstić information content (AvgIpc) is 2.63. The fraction of sp³-hybridized carbons (Fsp3) is 0.429. The molecule has 7 heteroatoms. The molecule has 5 nitrogen and oxygen atoms in total. The first-order valence-corrected chi connectivity index (χ1v) is 10.9. The SMILES string of the molecule is CCCCCCCCCc1ccccc1Oc1ccc([O-])cc1S(=O)(=O)O.[K+]. The molecule has 0 atom stereocenters. The maximum atomic E-state index is 11.5. The van der Waals surface area contributed by atoms with Gasteiger partial charge in [0.25, 0.3) is 10.1 Å². The van der Waals surface area contributed by atoms with Gasteiger partial charge in [-0.3, -0.25) is 4.55 Å². The van der Waals surface area contributed by atoms with Crippen molar-refractivity contribution in [2.45, 2.75) is 63.2 Å². The Morgan fingerprint density at radius 1 is 0.929 bits per heavy atom. The summed E-state index contributed by atoms with van der Waals surface area (Å²) in [5.74, 6) is -0.0255. The molecule has 2 aromatic carbocycles. The van der Waals surface area contributed by atoms with Crippen LogP contribution < -0.4 is 61.2 Å². The third-order valence-electron chi connectivity index (χ3n) is 4.44. The summed E-state index contributed by atoms with van der Waals surface area (Å²) < 4.78 is 38.2. The second-order valence-electron chi connectivity index (χ2n) is 6.66. The fourth-order valence-corrected chi connectivity index (χ4v) is 3.60. The van der Waals surface area contributed by atoms with Crippen molar-refractivity contribution in [2.75, 3.05) is 0 Å². The van der Waals surface area contributed by atoms with E-state index in [0.29, 0.717) is 5.75 Å². The number of unbranched alkanes of at least 4 members (excludes halogenated alkanes) is 6. The Morgan fingerprint density at radius 3 is 2.25 bits per heavy atom. The van der Waals surface area contributed by atoms with Gasteiger partial charge in [0.1, 0.15) is 16.4 Å². The molecule has 0 saturated carbocycles. The van der Waals surface area contributed by atoms with Crippen molar-refractivity contribution >= 4 is 10.1 Å². The van der Waals surface area contributed by atoms with Crippen LogP contribution in [0.1, 0.15) is 57.4 Å². The van der Waals surface area contributed by atoms with E-state index < -0.39 is 20.8 Å². The van der Waals surface area contributed by atoms with Crippen LogP contribution in [0.5, 0.6) is 17.2 Å². The van der Waals surface area contributed by atoms with E-state index in [1.54, 1.807) is 12.1 Å². The molecule has 2 aromatic rings. The molecule has 0 radical (unpaired) electrons. The Balaban J connectivity index is 0.00000392. The third kappa shape index (κ3) is 8.53. The van der Waals surface area contributed by atoms with Crippen molar-refractivity contribution in [1.29, 1.82) is 0 Å². The topological polar surface area (TPSA) is 86.7 Å². The van der Waals surface area contributed by atoms with Crippen LogP contribution >= 0.6 is 0 Å². The Labute approximate surface area is 210 Å². The molecule has 0 heterocycles. The quantitative estimate of drug-likeness (QED) is 0.335. The van der Waals surface area contributed by atoms with Crippen LogP contribution in [0.15, 0.2) is 47.4 Å². The molecule has 0 amide bonds. The van der Waals surface area contributed by atoms with E-state index in [9.17, 15) is 18.1 Å². The predicted octanol–water partition coefficient (Wildman–Crippen LogP) is 2.10. The first-order valence-electron chi connectivity index (χ1n) is 9.46. The van der Waals surface area contributed by atoms with E-state index in [4.69, 9.17) is 4.74 Å². The molecule has 0 aromatic heterocycles. The minimum Gasteiger partial charge on any atom is -0.872 e. The van der Waals surface area contributed by atoms with Gasteiger partial charge in [-0.25, -0.2) is 0 Å². The van der Waals surface area contributed by atoms with Crippen molar-refractivity contribution in [2.24, 2.45) is 0 Å². The zero-order valence-electron chi connectivity index (χ0n) is 16.7. The average molecular weight is 431 g/mol. The van der Waals surface area contributed by atoms with Gasteiger partial charge in [0.2, 0.25) is 0 Å². The molecule has 28 heavy (non-hydrogen) atoms. The van der Waals surface area contributed by atoms with E-state index >= 15 is 0 Å². The van der Waals surface area contributed by atoms with Gasteiger partial charge >= 0.3 is 51.4 Å². The van der Waals surface area contributed by atoms with Gasteiger partial charge in [0.05, 0.1) is 0 Å². The molecule has 0 spiro atoms. The summed E-state index contributed by atoms with van der Waals surface area (Å²) in [5.41, 5.74) is 0.971. The van der Waals surface area contributed by atoms with Gasteiger partial charge in [0.15, 0.2) is 0 Å². The normalized spacial score (nSPS) is 11.1. The number of benzene rings is 2. The van der Waals surface area contributed by atoms with Gasteiger partial charge < -0.3 is 9.84 Å². The second-order valence-corrected chi connectivity index (χ2v) is 8.05. The molecule has 1 N–H and O–H groups in total. The first-order chi connectivity index (χ1) is 12.9. The van der Waals surface area contributed by atoms with Crippen LogP contribution in [0, 0.1) is 0 Å². The van der Waals surface area contributed by atoms with E-state index in [2.05, 4.69) is 6.92 Å². The van der Waals surface area contributed by atoms with E-state index in [-0.39, 0.29) is 57.1 Å². The summed E-state index contributed by atoms with van der Waals surface area (Å²) in [6.07, 6.45) is 9.26. The fourth-order valence-electron chi connectivity index (χ4n) is 2.98. The molecule has 0 aliphatic rings. The molecule has 0 unspecified atom stereocenters. The molecular weight excluding hydrogens is 403 g/mol. The number of rotatable bonds is 11. The molecule has 148 valence electrons. The van der Waals surface area contributed by atoms with Crippen LogP contribution in [-0.2, 0) is 16.5 Å². The minimum atomic E-state index is -4.55. The van der Waals surface area contributed by atoms with Crippen molar-refractivity contribution < 1.29 is 74.2 Å². The zero-order valence-corrected chi connectivity index (χ0v) is 20.6. The number of hydrogen-bond donors (Lipinski definition) is 1. The van der Waals surface area contributed by atoms with Gasteiger partial charge in [0, 0.05) is 0 Å². The molecule has 0 aliphatic heterocycles. The van der Waals surface area contributed by atoms with Crippen LogP contribution in [0.3, 0.4) is 0 Å². The van der Waals surface area contributed by atoms with Crippen molar-refractivity contribution in [3.05, 3.63) is 48.0 Å². The maximum absolute atomic E-state index is 11.5. The summed E-state index contributed by atoms with van der Waals surface area (Å²) >= 11 is 0. The van der Waals surface area contributed by atoms with Gasteiger partial charge in [-0.1, -0.05) is 69.7 Å². The van der Waals surface area contributed by atoms with E-state index in [0.717, 1.165) is 30.9 Å².